The number of nitrogens with zero attached hydrogens (tertiary/aromatic N) is 2. The zero-order chi connectivity index (χ0) is 12.8. The van der Waals surface area contributed by atoms with Crippen molar-refractivity contribution in [1.29, 1.82) is 0 Å². The van der Waals surface area contributed by atoms with Gasteiger partial charge in [0, 0.05) is 6.21 Å². The summed E-state index contributed by atoms with van der Waals surface area (Å²) in [6, 6.07) is 7.85. The summed E-state index contributed by atoms with van der Waals surface area (Å²) in [4.78, 5) is 15.4. The van der Waals surface area contributed by atoms with Crippen molar-refractivity contribution in [2.45, 2.75) is 13.3 Å². The van der Waals surface area contributed by atoms with Crippen molar-refractivity contribution in [1.82, 2.24) is 4.98 Å². The van der Waals surface area contributed by atoms with E-state index >= 15 is 0 Å². The molecule has 0 saturated heterocycles. The van der Waals surface area contributed by atoms with Crippen LogP contribution in [0.1, 0.15) is 13.3 Å². The highest BCUT2D eigenvalue weighted by Crippen LogP contribution is 2.25. The van der Waals surface area contributed by atoms with Crippen LogP contribution in [0.2, 0.25) is 0 Å². The summed E-state index contributed by atoms with van der Waals surface area (Å²) in [7, 11) is 0. The Bertz CT molecular complexity index is 532. The predicted molar refractivity (Wildman–Crippen MR) is 73.0 cm³/mol. The molecule has 94 valence electrons. The predicted octanol–water partition coefficient (Wildman–Crippen LogP) is 2.65. The van der Waals surface area contributed by atoms with E-state index in [1.807, 2.05) is 24.3 Å². The first-order chi connectivity index (χ1) is 8.79. The number of rotatable bonds is 5. The molecule has 0 aliphatic heterocycles. The van der Waals surface area contributed by atoms with E-state index in [1.165, 1.54) is 17.6 Å². The number of para-hydroxylation sites is 1. The van der Waals surface area contributed by atoms with Crippen LogP contribution in [-0.4, -0.2) is 23.8 Å². The van der Waals surface area contributed by atoms with Crippen LogP contribution < -0.4 is 5.43 Å². The third-order valence-corrected chi connectivity index (χ3v) is 3.05. The Hall–Kier alpha value is -1.95. The third kappa shape index (κ3) is 3.27. The highest BCUT2D eigenvalue weighted by atomic mass is 32.1. The van der Waals surface area contributed by atoms with Crippen LogP contribution in [0.5, 0.6) is 0 Å². The molecule has 0 aliphatic carbocycles. The molecule has 0 atom stereocenters. The molecule has 0 radical (unpaired) electrons. The lowest BCUT2D eigenvalue weighted by Gasteiger charge is -1.96. The number of hydrogen-bond acceptors (Lipinski definition) is 6. The molecule has 0 amide bonds. The van der Waals surface area contributed by atoms with Crippen molar-refractivity contribution in [3.05, 3.63) is 24.3 Å². The van der Waals surface area contributed by atoms with Crippen LogP contribution >= 0.6 is 11.3 Å². The average Bonchev–Trinajstić information content (AvgIpc) is 2.77. The molecular weight excluding hydrogens is 250 g/mol. The number of aromatic nitrogens is 1. The van der Waals surface area contributed by atoms with Crippen molar-refractivity contribution < 1.29 is 9.53 Å². The molecule has 6 heteroatoms. The van der Waals surface area contributed by atoms with Gasteiger partial charge in [0.25, 0.3) is 0 Å². The van der Waals surface area contributed by atoms with Gasteiger partial charge in [0.15, 0.2) is 0 Å². The lowest BCUT2D eigenvalue weighted by atomic mass is 10.3. The van der Waals surface area contributed by atoms with Crippen molar-refractivity contribution in [2.75, 3.05) is 12.0 Å². The normalized spacial score (nSPS) is 10.9. The van der Waals surface area contributed by atoms with E-state index in [2.05, 4.69) is 15.5 Å². The second kappa shape index (κ2) is 6.11. The number of carbonyl (C=O) groups excluding carboxylic acids is 1. The van der Waals surface area contributed by atoms with E-state index < -0.39 is 0 Å². The molecule has 2 aromatic rings. The van der Waals surface area contributed by atoms with Crippen molar-refractivity contribution in [3.8, 4) is 0 Å². The van der Waals surface area contributed by atoms with Gasteiger partial charge in [-0.3, -0.25) is 10.2 Å². The fourth-order valence-electron chi connectivity index (χ4n) is 1.36. The van der Waals surface area contributed by atoms with Gasteiger partial charge in [-0.05, 0) is 19.1 Å². The van der Waals surface area contributed by atoms with Crippen LogP contribution in [0.3, 0.4) is 0 Å². The van der Waals surface area contributed by atoms with Gasteiger partial charge in [0.2, 0.25) is 5.13 Å². The monoisotopic (exact) mass is 263 g/mol. The van der Waals surface area contributed by atoms with Gasteiger partial charge in [-0.25, -0.2) is 4.98 Å². The molecule has 0 unspecified atom stereocenters. The Morgan fingerprint density at radius 3 is 3.17 bits per heavy atom. The van der Waals surface area contributed by atoms with E-state index in [0.717, 1.165) is 10.2 Å². The van der Waals surface area contributed by atoms with E-state index in [1.54, 1.807) is 6.92 Å². The minimum atomic E-state index is -0.285. The maximum Gasteiger partial charge on any atom is 0.311 e. The number of carbonyl (C=O) groups is 1. The first-order valence-corrected chi connectivity index (χ1v) is 6.40. The topological polar surface area (TPSA) is 63.6 Å². The number of fused-ring (bicyclic) bond motifs is 1. The molecule has 0 aliphatic rings. The number of esters is 1. The van der Waals surface area contributed by atoms with E-state index in [4.69, 9.17) is 4.74 Å². The van der Waals surface area contributed by atoms with E-state index in [-0.39, 0.29) is 12.4 Å². The highest BCUT2D eigenvalue weighted by Gasteiger charge is 2.01. The second-order valence-corrected chi connectivity index (χ2v) is 4.45. The van der Waals surface area contributed by atoms with Crippen LogP contribution in [0.25, 0.3) is 10.2 Å². The van der Waals surface area contributed by atoms with Crippen molar-refractivity contribution in [2.24, 2.45) is 5.10 Å². The molecule has 1 aromatic heterocycles. The third-order valence-electron chi connectivity index (χ3n) is 2.11. The molecule has 1 N–H and O–H groups in total. The molecule has 2 rings (SSSR count). The maximum atomic E-state index is 11.0. The van der Waals surface area contributed by atoms with Gasteiger partial charge < -0.3 is 4.74 Å². The minimum Gasteiger partial charge on any atom is -0.466 e. The van der Waals surface area contributed by atoms with Crippen LogP contribution in [0.4, 0.5) is 5.13 Å². The zero-order valence-electron chi connectivity index (χ0n) is 9.92. The molecule has 18 heavy (non-hydrogen) atoms. The number of hydrazone groups is 1. The summed E-state index contributed by atoms with van der Waals surface area (Å²) in [6.07, 6.45) is 1.63. The number of thiazole rings is 1. The Kier molecular flexibility index (Phi) is 4.25. The smallest absolute Gasteiger partial charge is 0.311 e. The fourth-order valence-corrected chi connectivity index (χ4v) is 2.18. The van der Waals surface area contributed by atoms with Gasteiger partial charge in [0.1, 0.15) is 0 Å². The van der Waals surface area contributed by atoms with Crippen molar-refractivity contribution in [3.63, 3.8) is 0 Å². The van der Waals surface area contributed by atoms with Crippen molar-refractivity contribution >= 4 is 38.9 Å². The van der Waals surface area contributed by atoms with E-state index in [9.17, 15) is 4.79 Å². The Morgan fingerprint density at radius 1 is 1.56 bits per heavy atom. The molecule has 0 spiro atoms. The van der Waals surface area contributed by atoms with Gasteiger partial charge in [0.05, 0.1) is 23.2 Å². The fraction of sp³-hybridized carbons (Fsp3) is 0.250. The molecule has 0 fully saturated rings. The van der Waals surface area contributed by atoms with Gasteiger partial charge in [-0.1, -0.05) is 23.5 Å². The van der Waals surface area contributed by atoms with Gasteiger partial charge in [-0.2, -0.15) is 5.10 Å². The minimum absolute atomic E-state index is 0.158. The number of hydrogen-bond donors (Lipinski definition) is 1. The largest absolute Gasteiger partial charge is 0.466 e. The summed E-state index contributed by atoms with van der Waals surface area (Å²) in [6.45, 7) is 2.16. The molecule has 0 bridgehead atoms. The molecule has 0 saturated carbocycles. The summed E-state index contributed by atoms with van der Waals surface area (Å²) in [5.74, 6) is -0.285. The van der Waals surface area contributed by atoms with Crippen LogP contribution in [0.15, 0.2) is 29.4 Å². The SMILES string of the molecule is CCOC(=O)C/C=N/Nc1nc2ccccc2s1. The average molecular weight is 263 g/mol. The summed E-state index contributed by atoms with van der Waals surface area (Å²) >= 11 is 1.51. The number of anilines is 1. The highest BCUT2D eigenvalue weighted by molar-refractivity contribution is 7.22. The first kappa shape index (κ1) is 12.5. The lowest BCUT2D eigenvalue weighted by Crippen LogP contribution is -2.04. The molecule has 1 aromatic carbocycles. The summed E-state index contributed by atoms with van der Waals surface area (Å²) in [5.41, 5.74) is 3.74. The summed E-state index contributed by atoms with van der Waals surface area (Å²) < 4.78 is 5.87. The van der Waals surface area contributed by atoms with Gasteiger partial charge >= 0.3 is 5.97 Å². The summed E-state index contributed by atoms with van der Waals surface area (Å²) in [5, 5.41) is 4.64. The molecule has 1 heterocycles. The second-order valence-electron chi connectivity index (χ2n) is 3.42. The van der Waals surface area contributed by atoms with Gasteiger partial charge in [-0.15, -0.1) is 0 Å². The molecule has 5 nitrogen and oxygen atoms in total. The number of ether oxygens (including phenoxy) is 1. The van der Waals surface area contributed by atoms with Crippen LogP contribution in [0, 0.1) is 0 Å². The van der Waals surface area contributed by atoms with E-state index in [0.29, 0.717) is 11.7 Å². The Morgan fingerprint density at radius 2 is 2.39 bits per heavy atom. The van der Waals surface area contributed by atoms with Crippen LogP contribution in [-0.2, 0) is 9.53 Å². The standard InChI is InChI=1S/C12H13N3O2S/c1-2-17-11(16)7-8-13-15-12-14-9-5-3-4-6-10(9)18-12/h3-6,8H,2,7H2,1H3,(H,14,15)/b13-8+. The zero-order valence-corrected chi connectivity index (χ0v) is 10.7. The Labute approximate surface area is 108 Å². The maximum absolute atomic E-state index is 11.0. The Balaban J connectivity index is 1.90. The lowest BCUT2D eigenvalue weighted by molar-refractivity contribution is -0.141. The number of benzene rings is 1. The molecular formula is C12H13N3O2S. The number of nitrogens with one attached hydrogen (secondary N) is 1. The quantitative estimate of drug-likeness (QED) is 0.511. The first-order valence-electron chi connectivity index (χ1n) is 5.58.